The molecule has 0 fully saturated rings. The molecule has 3 N–H and O–H groups in total. The number of nitrogens with zero attached hydrogens (tertiary/aromatic N) is 2. The van der Waals surface area contributed by atoms with Crippen LogP contribution in [0, 0.1) is 0 Å². The van der Waals surface area contributed by atoms with Crippen LogP contribution in [0.1, 0.15) is 28.5 Å². The van der Waals surface area contributed by atoms with Crippen LogP contribution in [0.25, 0.3) is 0 Å². The highest BCUT2D eigenvalue weighted by atomic mass is 16.5. The molecular weight excluding hydrogens is 380 g/mol. The minimum absolute atomic E-state index is 0.0299. The van der Waals surface area contributed by atoms with Crippen LogP contribution in [0.3, 0.4) is 0 Å². The summed E-state index contributed by atoms with van der Waals surface area (Å²) in [6.45, 7) is 2.74. The van der Waals surface area contributed by atoms with Crippen LogP contribution in [-0.4, -0.2) is 53.7 Å². The van der Waals surface area contributed by atoms with E-state index < -0.39 is 0 Å². The first kappa shape index (κ1) is 23.5. The van der Waals surface area contributed by atoms with Gasteiger partial charge >= 0.3 is 0 Å². The van der Waals surface area contributed by atoms with E-state index in [1.54, 1.807) is 24.4 Å². The monoisotopic (exact) mass is 404 g/mol. The van der Waals surface area contributed by atoms with Crippen molar-refractivity contribution in [3.63, 3.8) is 0 Å². The molecule has 0 aliphatic carbocycles. The average Bonchev–Trinajstić information content (AvgIpc) is 2.75. The summed E-state index contributed by atoms with van der Waals surface area (Å²) in [6, 6.07) is 6.91. The Morgan fingerprint density at radius 3 is 2.55 bits per heavy atom. The molecule has 10 nitrogen and oxygen atoms in total. The Balaban J connectivity index is 0.00000132. The highest BCUT2D eigenvalue weighted by Gasteiger charge is 2.07. The van der Waals surface area contributed by atoms with Gasteiger partial charge in [-0.05, 0) is 30.7 Å². The second kappa shape index (κ2) is 13.6. The summed E-state index contributed by atoms with van der Waals surface area (Å²) in [5, 5.41) is 12.4. The zero-order valence-electron chi connectivity index (χ0n) is 16.3. The van der Waals surface area contributed by atoms with Gasteiger partial charge in [0.15, 0.2) is 0 Å². The van der Waals surface area contributed by atoms with Crippen molar-refractivity contribution in [1.29, 1.82) is 0 Å². The molecule has 29 heavy (non-hydrogen) atoms. The molecular formula is C19H24N4O6. The summed E-state index contributed by atoms with van der Waals surface area (Å²) < 4.78 is 10.0. The molecule has 0 saturated heterocycles. The van der Waals surface area contributed by atoms with Crippen LogP contribution in [-0.2, 0) is 27.4 Å². The van der Waals surface area contributed by atoms with Crippen molar-refractivity contribution in [2.75, 3.05) is 20.3 Å². The van der Waals surface area contributed by atoms with Crippen molar-refractivity contribution >= 4 is 18.3 Å². The van der Waals surface area contributed by atoms with Crippen molar-refractivity contribution in [3.05, 3.63) is 53.5 Å². The Morgan fingerprint density at radius 2 is 1.93 bits per heavy atom. The third-order valence-corrected chi connectivity index (χ3v) is 3.45. The first-order valence-electron chi connectivity index (χ1n) is 8.68. The molecule has 2 heterocycles. The van der Waals surface area contributed by atoms with Crippen LogP contribution in [0.4, 0.5) is 0 Å². The highest BCUT2D eigenvalue weighted by molar-refractivity contribution is 5.93. The van der Waals surface area contributed by atoms with Gasteiger partial charge in [0.1, 0.15) is 6.61 Å². The van der Waals surface area contributed by atoms with Crippen LogP contribution in [0.15, 0.2) is 36.7 Å². The summed E-state index contributed by atoms with van der Waals surface area (Å²) in [4.78, 5) is 40.3. The lowest BCUT2D eigenvalue weighted by molar-refractivity contribution is -0.125. The number of nitrogens with one attached hydrogen (secondary N) is 2. The molecule has 2 aromatic rings. The third kappa shape index (κ3) is 9.29. The van der Waals surface area contributed by atoms with Crippen LogP contribution < -0.4 is 15.4 Å². The normalized spacial score (nSPS) is 9.59. The van der Waals surface area contributed by atoms with Crippen LogP contribution in [0.2, 0.25) is 0 Å². The number of ether oxygens (including phenoxy) is 2. The van der Waals surface area contributed by atoms with E-state index in [-0.39, 0.29) is 24.9 Å². The fourth-order valence-electron chi connectivity index (χ4n) is 2.09. The standard InChI is InChI=1S/C18H22N4O4.CH2O2/c1-3-26-12-16(23)20-11-15-8-13(6-7-19-15)9-22-18(24)14-4-5-17(25-2)21-10-14;2-1-3/h4-8,10H,3,9,11-12H2,1-2H3,(H,20,23)(H,22,24);1H,(H,2,3). The van der Waals surface area contributed by atoms with E-state index in [1.807, 2.05) is 13.0 Å². The van der Waals surface area contributed by atoms with Gasteiger partial charge in [0.25, 0.3) is 12.4 Å². The third-order valence-electron chi connectivity index (χ3n) is 3.45. The van der Waals surface area contributed by atoms with Crippen molar-refractivity contribution in [2.45, 2.75) is 20.0 Å². The Kier molecular flexibility index (Phi) is 11.0. The molecule has 0 aromatic carbocycles. The van der Waals surface area contributed by atoms with Crippen molar-refractivity contribution < 1.29 is 29.0 Å². The lowest BCUT2D eigenvalue weighted by Gasteiger charge is -2.08. The first-order chi connectivity index (χ1) is 14.0. The average molecular weight is 404 g/mol. The number of hydrogen-bond acceptors (Lipinski definition) is 7. The summed E-state index contributed by atoms with van der Waals surface area (Å²) in [5.74, 6) is 0.0228. The number of carboxylic acid groups (broad SMARTS) is 1. The Morgan fingerprint density at radius 1 is 1.17 bits per heavy atom. The molecule has 10 heteroatoms. The number of rotatable bonds is 9. The summed E-state index contributed by atoms with van der Waals surface area (Å²) in [6.07, 6.45) is 3.10. The Hall–Kier alpha value is -3.53. The fraction of sp³-hybridized carbons (Fsp3) is 0.316. The predicted octanol–water partition coefficient (Wildman–Crippen LogP) is 0.769. The number of methoxy groups -OCH3 is 1. The lowest BCUT2D eigenvalue weighted by atomic mass is 10.2. The van der Waals surface area contributed by atoms with Gasteiger partial charge in [-0.2, -0.15) is 0 Å². The second-order valence-corrected chi connectivity index (χ2v) is 5.45. The van der Waals surface area contributed by atoms with E-state index in [2.05, 4.69) is 20.6 Å². The minimum Gasteiger partial charge on any atom is -0.483 e. The number of carbonyl (C=O) groups is 3. The maximum atomic E-state index is 12.1. The van der Waals surface area contributed by atoms with Gasteiger partial charge in [0.2, 0.25) is 11.8 Å². The van der Waals surface area contributed by atoms with E-state index in [9.17, 15) is 9.59 Å². The topological polar surface area (TPSA) is 140 Å². The van der Waals surface area contributed by atoms with E-state index in [1.165, 1.54) is 13.3 Å². The zero-order chi connectivity index (χ0) is 21.5. The molecule has 0 unspecified atom stereocenters. The Bertz CT molecular complexity index is 783. The zero-order valence-corrected chi connectivity index (χ0v) is 16.3. The predicted molar refractivity (Wildman–Crippen MR) is 103 cm³/mol. The van der Waals surface area contributed by atoms with Crippen LogP contribution in [0.5, 0.6) is 5.88 Å². The molecule has 2 aromatic heterocycles. The Labute approximate surface area is 168 Å². The van der Waals surface area contributed by atoms with Gasteiger partial charge in [-0.25, -0.2) is 4.98 Å². The maximum absolute atomic E-state index is 12.1. The largest absolute Gasteiger partial charge is 0.483 e. The number of hydrogen-bond donors (Lipinski definition) is 3. The second-order valence-electron chi connectivity index (χ2n) is 5.45. The molecule has 2 amide bonds. The van der Waals surface area contributed by atoms with E-state index in [0.717, 1.165) is 5.56 Å². The molecule has 0 bridgehead atoms. The molecule has 0 radical (unpaired) electrons. The molecule has 2 rings (SSSR count). The van der Waals surface area contributed by atoms with Gasteiger partial charge in [0.05, 0.1) is 24.9 Å². The molecule has 0 aliphatic rings. The maximum Gasteiger partial charge on any atom is 0.290 e. The lowest BCUT2D eigenvalue weighted by Crippen LogP contribution is -2.27. The smallest absolute Gasteiger partial charge is 0.290 e. The van der Waals surface area contributed by atoms with Gasteiger partial charge in [0, 0.05) is 31.6 Å². The van der Waals surface area contributed by atoms with E-state index in [0.29, 0.717) is 36.8 Å². The summed E-state index contributed by atoms with van der Waals surface area (Å²) in [7, 11) is 1.52. The number of amides is 2. The first-order valence-corrected chi connectivity index (χ1v) is 8.68. The number of pyridine rings is 2. The molecule has 0 spiro atoms. The minimum atomic E-state index is -0.250. The molecule has 156 valence electrons. The van der Waals surface area contributed by atoms with Crippen molar-refractivity contribution in [1.82, 2.24) is 20.6 Å². The van der Waals surface area contributed by atoms with Gasteiger partial charge in [-0.1, -0.05) is 0 Å². The number of carbonyl (C=O) groups excluding carboxylic acids is 2. The van der Waals surface area contributed by atoms with E-state index in [4.69, 9.17) is 19.4 Å². The molecule has 0 atom stereocenters. The van der Waals surface area contributed by atoms with E-state index >= 15 is 0 Å². The SMILES string of the molecule is CCOCC(=O)NCc1cc(CNC(=O)c2ccc(OC)nc2)ccn1.O=CO. The fourth-order valence-corrected chi connectivity index (χ4v) is 2.09. The summed E-state index contributed by atoms with van der Waals surface area (Å²) >= 11 is 0. The quantitative estimate of drug-likeness (QED) is 0.521. The molecule has 0 saturated carbocycles. The van der Waals surface area contributed by atoms with Crippen molar-refractivity contribution in [2.24, 2.45) is 0 Å². The van der Waals surface area contributed by atoms with Gasteiger partial charge in [-0.15, -0.1) is 0 Å². The van der Waals surface area contributed by atoms with Crippen LogP contribution >= 0.6 is 0 Å². The molecule has 0 aliphatic heterocycles. The number of aromatic nitrogens is 2. The highest BCUT2D eigenvalue weighted by Crippen LogP contribution is 2.07. The van der Waals surface area contributed by atoms with Gasteiger partial charge in [-0.3, -0.25) is 19.4 Å². The van der Waals surface area contributed by atoms with Gasteiger partial charge < -0.3 is 25.2 Å². The summed E-state index contributed by atoms with van der Waals surface area (Å²) in [5.41, 5.74) is 2.03. The van der Waals surface area contributed by atoms with Crippen molar-refractivity contribution in [3.8, 4) is 5.88 Å².